The molecule has 1 amide bonds. The third-order valence-electron chi connectivity index (χ3n) is 3.57. The van der Waals surface area contributed by atoms with Crippen molar-refractivity contribution in [2.45, 2.75) is 18.7 Å². The van der Waals surface area contributed by atoms with E-state index in [1.807, 2.05) is 29.2 Å². The van der Waals surface area contributed by atoms with E-state index in [4.69, 9.17) is 11.6 Å². The van der Waals surface area contributed by atoms with Gasteiger partial charge in [-0.15, -0.1) is 11.8 Å². The summed E-state index contributed by atoms with van der Waals surface area (Å²) in [6.45, 7) is 1.39. The summed E-state index contributed by atoms with van der Waals surface area (Å²) in [4.78, 5) is 21.5. The van der Waals surface area contributed by atoms with Crippen LogP contribution < -0.4 is 0 Å². The molecule has 1 aromatic heterocycles. The van der Waals surface area contributed by atoms with E-state index in [0.29, 0.717) is 12.3 Å². The number of aromatic nitrogens is 2. The first-order valence-electron chi connectivity index (χ1n) is 6.84. The highest BCUT2D eigenvalue weighted by molar-refractivity contribution is 7.99. The molecule has 0 saturated carbocycles. The fraction of sp³-hybridized carbons (Fsp3) is 0.333. The summed E-state index contributed by atoms with van der Waals surface area (Å²) in [6.07, 6.45) is 2.53. The predicted octanol–water partition coefficient (Wildman–Crippen LogP) is 2.88. The lowest BCUT2D eigenvalue weighted by Crippen LogP contribution is -2.37. The molecule has 0 spiro atoms. The van der Waals surface area contributed by atoms with Crippen LogP contribution >= 0.6 is 23.4 Å². The number of fused-ring (bicyclic) bond motifs is 1. The van der Waals surface area contributed by atoms with Gasteiger partial charge in [-0.1, -0.05) is 29.8 Å². The van der Waals surface area contributed by atoms with Crippen molar-refractivity contribution in [1.29, 1.82) is 0 Å². The van der Waals surface area contributed by atoms with Crippen LogP contribution in [0.15, 0.2) is 30.6 Å². The zero-order valence-corrected chi connectivity index (χ0v) is 13.1. The molecule has 0 unspecified atom stereocenters. The van der Waals surface area contributed by atoms with Gasteiger partial charge in [-0.05, 0) is 11.6 Å². The largest absolute Gasteiger partial charge is 0.347 e. The van der Waals surface area contributed by atoms with Crippen LogP contribution in [0.5, 0.6) is 0 Å². The number of thioether (sulfide) groups is 1. The van der Waals surface area contributed by atoms with Crippen molar-refractivity contribution in [3.8, 4) is 0 Å². The Kier molecular flexibility index (Phi) is 4.51. The normalized spacial score (nSPS) is 14.0. The minimum atomic E-state index is 0.173. The third kappa shape index (κ3) is 3.41. The molecule has 0 aliphatic carbocycles. The van der Waals surface area contributed by atoms with E-state index in [2.05, 4.69) is 9.97 Å². The van der Waals surface area contributed by atoms with Gasteiger partial charge >= 0.3 is 0 Å². The molecular weight excluding hydrogens is 306 g/mol. The lowest BCUT2D eigenvalue weighted by Gasteiger charge is -2.26. The van der Waals surface area contributed by atoms with E-state index in [-0.39, 0.29) is 5.91 Å². The van der Waals surface area contributed by atoms with Gasteiger partial charge in [0.2, 0.25) is 5.91 Å². The molecule has 2 heterocycles. The predicted molar refractivity (Wildman–Crippen MR) is 85.3 cm³/mol. The molecular formula is C15H16ClN3OS. The molecule has 2 aromatic rings. The average Bonchev–Trinajstić information content (AvgIpc) is 2.96. The minimum Gasteiger partial charge on any atom is -0.347 e. The summed E-state index contributed by atoms with van der Waals surface area (Å²) in [6, 6.07) is 7.76. The zero-order chi connectivity index (χ0) is 14.7. The summed E-state index contributed by atoms with van der Waals surface area (Å²) < 4.78 is 0. The second kappa shape index (κ2) is 6.54. The van der Waals surface area contributed by atoms with Gasteiger partial charge in [-0.3, -0.25) is 4.79 Å². The number of aromatic amines is 1. The van der Waals surface area contributed by atoms with Crippen LogP contribution in [0.4, 0.5) is 0 Å². The zero-order valence-electron chi connectivity index (χ0n) is 11.5. The molecule has 4 nitrogen and oxygen atoms in total. The Morgan fingerprint density at radius 2 is 2.29 bits per heavy atom. The quantitative estimate of drug-likeness (QED) is 0.942. The summed E-state index contributed by atoms with van der Waals surface area (Å²) in [7, 11) is 0. The maximum atomic E-state index is 12.2. The molecule has 0 fully saturated rings. The highest BCUT2D eigenvalue weighted by Crippen LogP contribution is 2.22. The van der Waals surface area contributed by atoms with Crippen molar-refractivity contribution in [1.82, 2.24) is 14.9 Å². The van der Waals surface area contributed by atoms with E-state index >= 15 is 0 Å². The number of benzene rings is 1. The highest BCUT2D eigenvalue weighted by Gasteiger charge is 2.21. The lowest BCUT2D eigenvalue weighted by atomic mass is 10.1. The van der Waals surface area contributed by atoms with Gasteiger partial charge in [0.25, 0.3) is 0 Å². The Morgan fingerprint density at radius 3 is 3.14 bits per heavy atom. The minimum absolute atomic E-state index is 0.173. The summed E-state index contributed by atoms with van der Waals surface area (Å²) >= 11 is 7.72. The SMILES string of the molecule is O=C(CSCc1ccccc1Cl)N1CCc2nc[nH]c2C1. The van der Waals surface area contributed by atoms with Gasteiger partial charge in [0.05, 0.1) is 30.0 Å². The Hall–Kier alpha value is -1.46. The lowest BCUT2D eigenvalue weighted by molar-refractivity contribution is -0.129. The van der Waals surface area contributed by atoms with Crippen LogP contribution in [-0.2, 0) is 23.5 Å². The van der Waals surface area contributed by atoms with Crippen molar-refractivity contribution >= 4 is 29.3 Å². The van der Waals surface area contributed by atoms with E-state index in [1.165, 1.54) is 0 Å². The Labute approximate surface area is 132 Å². The molecule has 1 aliphatic rings. The number of nitrogens with zero attached hydrogens (tertiary/aromatic N) is 2. The molecule has 1 aliphatic heterocycles. The van der Waals surface area contributed by atoms with Gasteiger partial charge in [0.1, 0.15) is 0 Å². The number of carbonyl (C=O) groups excluding carboxylic acids is 1. The van der Waals surface area contributed by atoms with Crippen molar-refractivity contribution < 1.29 is 4.79 Å². The van der Waals surface area contributed by atoms with Crippen LogP contribution in [0.2, 0.25) is 5.02 Å². The smallest absolute Gasteiger partial charge is 0.232 e. The summed E-state index contributed by atoms with van der Waals surface area (Å²) in [5, 5.41) is 0.762. The van der Waals surface area contributed by atoms with Gasteiger partial charge in [-0.2, -0.15) is 0 Å². The summed E-state index contributed by atoms with van der Waals surface area (Å²) in [5.41, 5.74) is 3.22. The molecule has 6 heteroatoms. The molecule has 0 bridgehead atoms. The van der Waals surface area contributed by atoms with Gasteiger partial charge in [0.15, 0.2) is 0 Å². The number of nitrogens with one attached hydrogen (secondary N) is 1. The van der Waals surface area contributed by atoms with Crippen LogP contribution in [0.25, 0.3) is 0 Å². The topological polar surface area (TPSA) is 49.0 Å². The number of hydrogen-bond acceptors (Lipinski definition) is 3. The molecule has 0 atom stereocenters. The van der Waals surface area contributed by atoms with Crippen molar-refractivity contribution in [3.63, 3.8) is 0 Å². The first-order chi connectivity index (χ1) is 10.2. The second-order valence-electron chi connectivity index (χ2n) is 4.98. The van der Waals surface area contributed by atoms with E-state index in [9.17, 15) is 4.79 Å². The standard InChI is InChI=1S/C15H16ClN3OS/c16-12-4-2-1-3-11(12)8-21-9-15(20)19-6-5-13-14(7-19)18-10-17-13/h1-4,10H,5-9H2,(H,17,18). The fourth-order valence-electron chi connectivity index (χ4n) is 2.38. The van der Waals surface area contributed by atoms with Crippen LogP contribution in [-0.4, -0.2) is 33.1 Å². The van der Waals surface area contributed by atoms with E-state index in [1.54, 1.807) is 18.1 Å². The molecule has 0 saturated heterocycles. The van der Waals surface area contributed by atoms with E-state index < -0.39 is 0 Å². The second-order valence-corrected chi connectivity index (χ2v) is 6.37. The number of amides is 1. The maximum Gasteiger partial charge on any atom is 0.232 e. The molecule has 3 rings (SSSR count). The van der Waals surface area contributed by atoms with Crippen LogP contribution in [0, 0.1) is 0 Å². The van der Waals surface area contributed by atoms with Crippen LogP contribution in [0.3, 0.4) is 0 Å². The molecule has 1 aromatic carbocycles. The molecule has 21 heavy (non-hydrogen) atoms. The maximum absolute atomic E-state index is 12.2. The van der Waals surface area contributed by atoms with Crippen molar-refractivity contribution in [2.24, 2.45) is 0 Å². The number of halogens is 1. The molecule has 0 radical (unpaired) electrons. The fourth-order valence-corrected chi connectivity index (χ4v) is 3.59. The van der Waals surface area contributed by atoms with E-state index in [0.717, 1.165) is 40.7 Å². The van der Waals surface area contributed by atoms with Gasteiger partial charge in [-0.25, -0.2) is 4.98 Å². The summed E-state index contributed by atoms with van der Waals surface area (Å²) in [5.74, 6) is 1.41. The van der Waals surface area contributed by atoms with Gasteiger partial charge < -0.3 is 9.88 Å². The monoisotopic (exact) mass is 321 g/mol. The first-order valence-corrected chi connectivity index (χ1v) is 8.37. The Balaban J connectivity index is 1.50. The number of H-pyrrole nitrogens is 1. The Morgan fingerprint density at radius 1 is 1.43 bits per heavy atom. The van der Waals surface area contributed by atoms with Crippen LogP contribution in [0.1, 0.15) is 17.0 Å². The number of carbonyl (C=O) groups is 1. The first kappa shape index (κ1) is 14.5. The Bertz CT molecular complexity index is 643. The number of hydrogen-bond donors (Lipinski definition) is 1. The van der Waals surface area contributed by atoms with Crippen molar-refractivity contribution in [3.05, 3.63) is 52.6 Å². The third-order valence-corrected chi connectivity index (χ3v) is 4.90. The average molecular weight is 322 g/mol. The van der Waals surface area contributed by atoms with Crippen molar-refractivity contribution in [2.75, 3.05) is 12.3 Å². The van der Waals surface area contributed by atoms with Gasteiger partial charge in [0, 0.05) is 23.7 Å². The number of imidazole rings is 1. The number of rotatable bonds is 4. The molecule has 1 N–H and O–H groups in total. The highest BCUT2D eigenvalue weighted by atomic mass is 35.5. The molecule has 110 valence electrons.